The molecule has 0 aliphatic rings. The van der Waals surface area contributed by atoms with Crippen LogP contribution in [0.1, 0.15) is 10.4 Å². The maximum absolute atomic E-state index is 11.8. The van der Waals surface area contributed by atoms with Gasteiger partial charge < -0.3 is 0 Å². The number of nitrogens with zero attached hydrogens (tertiary/aromatic N) is 2. The summed E-state index contributed by atoms with van der Waals surface area (Å²) in [7, 11) is 0. The highest BCUT2D eigenvalue weighted by Crippen LogP contribution is 2.11. The number of aromatic nitrogens is 2. The molecule has 0 saturated heterocycles. The maximum atomic E-state index is 11.8. The number of carbonyl (C=O) groups excluding carboxylic acids is 1. The van der Waals surface area contributed by atoms with E-state index in [1.54, 1.807) is 41.3 Å². The van der Waals surface area contributed by atoms with E-state index in [2.05, 4.69) is 21.0 Å². The van der Waals surface area contributed by atoms with Crippen LogP contribution in [0.15, 0.2) is 41.1 Å². The molecule has 0 spiro atoms. The van der Waals surface area contributed by atoms with Gasteiger partial charge in [-0.3, -0.25) is 9.48 Å². The fourth-order valence-corrected chi connectivity index (χ4v) is 1.75. The molecule has 0 N–H and O–H groups in total. The van der Waals surface area contributed by atoms with E-state index in [-0.39, 0.29) is 12.3 Å². The Kier molecular flexibility index (Phi) is 3.41. The number of Topliss-reactive ketones (excluding diaryl/α,β-unsaturated/α-hetero) is 1. The second kappa shape index (κ2) is 4.80. The van der Waals surface area contributed by atoms with Crippen molar-refractivity contribution in [3.05, 3.63) is 51.7 Å². The van der Waals surface area contributed by atoms with Gasteiger partial charge in [0.1, 0.15) is 6.54 Å². The summed E-state index contributed by atoms with van der Waals surface area (Å²) in [4.78, 5) is 11.8. The minimum atomic E-state index is 0.00673. The lowest BCUT2D eigenvalue weighted by molar-refractivity contribution is 0.0967. The molecule has 82 valence electrons. The first-order valence-corrected chi connectivity index (χ1v) is 5.79. The lowest BCUT2D eigenvalue weighted by atomic mass is 10.1. The molecule has 1 aromatic carbocycles. The van der Waals surface area contributed by atoms with Crippen LogP contribution in [-0.2, 0) is 6.54 Å². The second-order valence-corrected chi connectivity index (χ2v) is 4.64. The number of hydrogen-bond acceptors (Lipinski definition) is 2. The van der Waals surface area contributed by atoms with E-state index >= 15 is 0 Å². The van der Waals surface area contributed by atoms with Crippen LogP contribution in [0.3, 0.4) is 0 Å². The predicted molar refractivity (Wildman–Crippen MR) is 65.7 cm³/mol. The highest BCUT2D eigenvalue weighted by atomic mass is 79.9. The summed E-state index contributed by atoms with van der Waals surface area (Å²) in [6, 6.07) is 6.83. The molecule has 0 bridgehead atoms. The Morgan fingerprint density at radius 1 is 1.38 bits per heavy atom. The van der Waals surface area contributed by atoms with Gasteiger partial charge in [0.05, 0.1) is 10.7 Å². The smallest absolute Gasteiger partial charge is 0.184 e. The van der Waals surface area contributed by atoms with Crippen molar-refractivity contribution in [3.8, 4) is 0 Å². The van der Waals surface area contributed by atoms with Crippen LogP contribution >= 0.6 is 27.5 Å². The zero-order chi connectivity index (χ0) is 11.5. The van der Waals surface area contributed by atoms with Gasteiger partial charge in [0.2, 0.25) is 0 Å². The first-order chi connectivity index (χ1) is 7.65. The van der Waals surface area contributed by atoms with Gasteiger partial charge in [0, 0.05) is 16.8 Å². The quantitative estimate of drug-likeness (QED) is 0.816. The SMILES string of the molecule is O=C(Cn1cc(Br)cn1)c1ccc(Cl)cc1. The van der Waals surface area contributed by atoms with Crippen molar-refractivity contribution in [3.63, 3.8) is 0 Å². The molecule has 5 heteroatoms. The fourth-order valence-electron chi connectivity index (χ4n) is 1.30. The van der Waals surface area contributed by atoms with Gasteiger partial charge in [-0.2, -0.15) is 5.10 Å². The van der Waals surface area contributed by atoms with E-state index in [1.165, 1.54) is 0 Å². The second-order valence-electron chi connectivity index (χ2n) is 3.29. The topological polar surface area (TPSA) is 34.9 Å². The van der Waals surface area contributed by atoms with Crippen LogP contribution in [0.4, 0.5) is 0 Å². The molecule has 3 nitrogen and oxygen atoms in total. The number of ketones is 1. The predicted octanol–water partition coefficient (Wildman–Crippen LogP) is 3.18. The van der Waals surface area contributed by atoms with Crippen LogP contribution in [0.5, 0.6) is 0 Å². The summed E-state index contributed by atoms with van der Waals surface area (Å²) >= 11 is 9.02. The fraction of sp³-hybridized carbons (Fsp3) is 0.0909. The van der Waals surface area contributed by atoms with Crippen molar-refractivity contribution in [1.82, 2.24) is 9.78 Å². The summed E-state index contributed by atoms with van der Waals surface area (Å²) in [6.45, 7) is 0.229. The molecule has 0 fully saturated rings. The van der Waals surface area contributed by atoms with Gasteiger partial charge in [-0.05, 0) is 40.2 Å². The van der Waals surface area contributed by atoms with Gasteiger partial charge in [-0.15, -0.1) is 0 Å². The van der Waals surface area contributed by atoms with Gasteiger partial charge in [-0.1, -0.05) is 11.6 Å². The number of hydrogen-bond donors (Lipinski definition) is 0. The third kappa shape index (κ3) is 2.71. The Morgan fingerprint density at radius 2 is 2.06 bits per heavy atom. The molecule has 16 heavy (non-hydrogen) atoms. The van der Waals surface area contributed by atoms with Gasteiger partial charge in [-0.25, -0.2) is 0 Å². The van der Waals surface area contributed by atoms with Crippen LogP contribution in [0, 0.1) is 0 Å². The molecule has 0 atom stereocenters. The number of rotatable bonds is 3. The van der Waals surface area contributed by atoms with Gasteiger partial charge in [0.15, 0.2) is 5.78 Å². The number of halogens is 2. The molecule has 2 rings (SSSR count). The molecule has 1 heterocycles. The maximum Gasteiger partial charge on any atom is 0.184 e. The minimum Gasteiger partial charge on any atom is -0.292 e. The Bertz CT molecular complexity index is 507. The van der Waals surface area contributed by atoms with Crippen molar-refractivity contribution in [2.75, 3.05) is 0 Å². The first kappa shape index (κ1) is 11.4. The molecule has 0 aliphatic carbocycles. The molecule has 0 unspecified atom stereocenters. The van der Waals surface area contributed by atoms with E-state index in [1.807, 2.05) is 0 Å². The summed E-state index contributed by atoms with van der Waals surface area (Å²) in [6.07, 6.45) is 3.41. The van der Waals surface area contributed by atoms with E-state index in [0.29, 0.717) is 10.6 Å². The van der Waals surface area contributed by atoms with Crippen molar-refractivity contribution >= 4 is 33.3 Å². The standard InChI is InChI=1S/C11H8BrClN2O/c12-9-5-14-15(6-9)7-11(16)8-1-3-10(13)4-2-8/h1-6H,7H2. The average molecular weight is 300 g/mol. The molecule has 0 saturated carbocycles. The van der Waals surface area contributed by atoms with E-state index in [9.17, 15) is 4.79 Å². The summed E-state index contributed by atoms with van der Waals surface area (Å²) in [5.41, 5.74) is 0.635. The first-order valence-electron chi connectivity index (χ1n) is 4.62. The van der Waals surface area contributed by atoms with Crippen LogP contribution < -0.4 is 0 Å². The highest BCUT2D eigenvalue weighted by Gasteiger charge is 2.07. The zero-order valence-corrected chi connectivity index (χ0v) is 10.6. The summed E-state index contributed by atoms with van der Waals surface area (Å²) in [5.74, 6) is 0.00673. The number of carbonyl (C=O) groups is 1. The average Bonchev–Trinajstić information content (AvgIpc) is 2.65. The van der Waals surface area contributed by atoms with Gasteiger partial charge in [0.25, 0.3) is 0 Å². The third-order valence-electron chi connectivity index (χ3n) is 2.07. The molecule has 0 radical (unpaired) electrons. The van der Waals surface area contributed by atoms with Crippen molar-refractivity contribution in [2.24, 2.45) is 0 Å². The molecule has 2 aromatic rings. The molecule has 1 aromatic heterocycles. The molecule has 0 aliphatic heterocycles. The molecule has 0 amide bonds. The summed E-state index contributed by atoms with van der Waals surface area (Å²) in [5, 5.41) is 4.65. The lowest BCUT2D eigenvalue weighted by Crippen LogP contribution is -2.10. The highest BCUT2D eigenvalue weighted by molar-refractivity contribution is 9.10. The largest absolute Gasteiger partial charge is 0.292 e. The van der Waals surface area contributed by atoms with Crippen molar-refractivity contribution < 1.29 is 4.79 Å². The Balaban J connectivity index is 2.11. The number of benzene rings is 1. The van der Waals surface area contributed by atoms with Crippen LogP contribution in [0.2, 0.25) is 5.02 Å². The minimum absolute atomic E-state index is 0.00673. The lowest BCUT2D eigenvalue weighted by Gasteiger charge is -2.01. The normalized spacial score (nSPS) is 10.4. The van der Waals surface area contributed by atoms with E-state index < -0.39 is 0 Å². The monoisotopic (exact) mass is 298 g/mol. The van der Waals surface area contributed by atoms with Crippen molar-refractivity contribution in [2.45, 2.75) is 6.54 Å². The van der Waals surface area contributed by atoms with E-state index in [0.717, 1.165) is 4.47 Å². The Morgan fingerprint density at radius 3 is 2.62 bits per heavy atom. The zero-order valence-electron chi connectivity index (χ0n) is 8.23. The van der Waals surface area contributed by atoms with Crippen LogP contribution in [0.25, 0.3) is 0 Å². The molecular formula is C11H8BrClN2O. The Hall–Kier alpha value is -1.13. The van der Waals surface area contributed by atoms with E-state index in [4.69, 9.17) is 11.6 Å². The molecular weight excluding hydrogens is 291 g/mol. The summed E-state index contributed by atoms with van der Waals surface area (Å²) < 4.78 is 2.44. The third-order valence-corrected chi connectivity index (χ3v) is 2.74. The van der Waals surface area contributed by atoms with Gasteiger partial charge >= 0.3 is 0 Å². The Labute approximate surface area is 106 Å². The van der Waals surface area contributed by atoms with Crippen LogP contribution in [-0.4, -0.2) is 15.6 Å². The van der Waals surface area contributed by atoms with Crippen molar-refractivity contribution in [1.29, 1.82) is 0 Å².